The van der Waals surface area contributed by atoms with Gasteiger partial charge in [-0.1, -0.05) is 15.9 Å². The fraction of sp³-hybridized carbons (Fsp3) is 0.400. The highest BCUT2D eigenvalue weighted by atomic mass is 79.9. The maximum absolute atomic E-state index is 10.6. The summed E-state index contributed by atoms with van der Waals surface area (Å²) in [5, 5.41) is 0. The highest BCUT2D eigenvalue weighted by Crippen LogP contribution is 2.26. The molecule has 2 nitrogen and oxygen atoms in total. The predicted molar refractivity (Wildman–Crippen MR) is 66.5 cm³/mol. The van der Waals surface area contributed by atoms with Crippen LogP contribution in [0.5, 0.6) is 0 Å². The number of nitrogens with zero attached hydrogens (tertiary/aromatic N) is 1. The van der Waals surface area contributed by atoms with Gasteiger partial charge in [-0.05, 0) is 38.0 Å². The molecular formula is C10H13Br2NO. The van der Waals surface area contributed by atoms with Crippen LogP contribution in [0.15, 0.2) is 6.07 Å². The van der Waals surface area contributed by atoms with Crippen LogP contribution in [0.2, 0.25) is 0 Å². The molecular weight excluding hydrogens is 310 g/mol. The quantitative estimate of drug-likeness (QED) is 0.618. The van der Waals surface area contributed by atoms with Gasteiger partial charge in [-0.2, -0.15) is 0 Å². The number of pyridine rings is 1. The van der Waals surface area contributed by atoms with Crippen LogP contribution in [0.1, 0.15) is 27.3 Å². The van der Waals surface area contributed by atoms with E-state index in [0.717, 1.165) is 28.8 Å². The van der Waals surface area contributed by atoms with Crippen molar-refractivity contribution >= 4 is 39.2 Å². The molecule has 0 saturated heterocycles. The van der Waals surface area contributed by atoms with Crippen molar-refractivity contribution in [2.24, 2.45) is 0 Å². The Morgan fingerprint density at radius 2 is 2.00 bits per heavy atom. The normalized spacial score (nSPS) is 11.7. The standard InChI is InChI=1S/C10H12BrNO.BrH/c1-6-4-7(2)12-8(3)10(6)9(11)5-13;/h4-5,9H,1-3H3;1H. The predicted octanol–water partition coefficient (Wildman–Crippen LogP) is 3.22. The number of hydrogen-bond donors (Lipinski definition) is 0. The molecule has 1 aromatic rings. The van der Waals surface area contributed by atoms with Gasteiger partial charge in [0.15, 0.2) is 0 Å². The van der Waals surface area contributed by atoms with E-state index in [2.05, 4.69) is 20.9 Å². The number of aldehydes is 1. The molecule has 0 aliphatic carbocycles. The van der Waals surface area contributed by atoms with Gasteiger partial charge in [0.25, 0.3) is 0 Å². The number of aryl methyl sites for hydroxylation is 3. The number of hydrogen-bond acceptors (Lipinski definition) is 2. The lowest BCUT2D eigenvalue weighted by Crippen LogP contribution is -2.01. The molecule has 0 aliphatic heterocycles. The van der Waals surface area contributed by atoms with E-state index in [9.17, 15) is 4.79 Å². The monoisotopic (exact) mass is 321 g/mol. The van der Waals surface area contributed by atoms with Crippen molar-refractivity contribution in [1.82, 2.24) is 4.98 Å². The molecule has 14 heavy (non-hydrogen) atoms. The SMILES string of the molecule is Br.Cc1cc(C)c(C(Br)C=O)c(C)n1. The Bertz CT molecular complexity index is 316. The van der Waals surface area contributed by atoms with Gasteiger partial charge >= 0.3 is 0 Å². The van der Waals surface area contributed by atoms with E-state index in [1.165, 1.54) is 0 Å². The van der Waals surface area contributed by atoms with Gasteiger partial charge in [0.05, 0.1) is 4.83 Å². The summed E-state index contributed by atoms with van der Waals surface area (Å²) in [6.45, 7) is 5.87. The number of carbonyl (C=O) groups is 1. The Balaban J connectivity index is 0.00000169. The Kier molecular flexibility index (Phi) is 5.52. The molecule has 0 spiro atoms. The largest absolute Gasteiger partial charge is 0.302 e. The maximum atomic E-state index is 10.6. The smallest absolute Gasteiger partial charge is 0.138 e. The second-order valence-electron chi connectivity index (χ2n) is 3.12. The first-order chi connectivity index (χ1) is 6.06. The van der Waals surface area contributed by atoms with Crippen LogP contribution in [0.4, 0.5) is 0 Å². The van der Waals surface area contributed by atoms with E-state index in [-0.39, 0.29) is 21.8 Å². The first kappa shape index (κ1) is 13.8. The molecule has 0 amide bonds. The second kappa shape index (κ2) is 5.61. The first-order valence-corrected chi connectivity index (χ1v) is 5.02. The van der Waals surface area contributed by atoms with Crippen LogP contribution in [0, 0.1) is 20.8 Å². The fourth-order valence-electron chi connectivity index (χ4n) is 1.52. The van der Waals surface area contributed by atoms with Gasteiger partial charge in [0.2, 0.25) is 0 Å². The number of rotatable bonds is 2. The number of alkyl halides is 1. The molecule has 0 radical (unpaired) electrons. The summed E-state index contributed by atoms with van der Waals surface area (Å²) >= 11 is 3.30. The van der Waals surface area contributed by atoms with Crippen molar-refractivity contribution in [1.29, 1.82) is 0 Å². The van der Waals surface area contributed by atoms with Gasteiger partial charge in [-0.15, -0.1) is 17.0 Å². The summed E-state index contributed by atoms with van der Waals surface area (Å²) in [6, 6.07) is 1.99. The van der Waals surface area contributed by atoms with Crippen LogP contribution in [0.3, 0.4) is 0 Å². The van der Waals surface area contributed by atoms with Crippen LogP contribution in [-0.2, 0) is 4.79 Å². The zero-order valence-electron chi connectivity index (χ0n) is 8.37. The zero-order chi connectivity index (χ0) is 10.0. The van der Waals surface area contributed by atoms with Gasteiger partial charge < -0.3 is 4.79 Å². The third kappa shape index (κ3) is 2.89. The Morgan fingerprint density at radius 3 is 2.43 bits per heavy atom. The van der Waals surface area contributed by atoms with Gasteiger partial charge in [0, 0.05) is 11.4 Å². The number of carbonyl (C=O) groups excluding carboxylic acids is 1. The minimum Gasteiger partial charge on any atom is -0.302 e. The van der Waals surface area contributed by atoms with E-state index in [1.807, 2.05) is 26.8 Å². The summed E-state index contributed by atoms with van der Waals surface area (Å²) in [6.07, 6.45) is 0.881. The van der Waals surface area contributed by atoms with Crippen LogP contribution in [-0.4, -0.2) is 11.3 Å². The lowest BCUT2D eigenvalue weighted by Gasteiger charge is -2.11. The minimum atomic E-state index is -0.236. The molecule has 0 aromatic carbocycles. The first-order valence-electron chi connectivity index (χ1n) is 4.10. The molecule has 0 bridgehead atoms. The van der Waals surface area contributed by atoms with E-state index in [1.54, 1.807) is 0 Å². The molecule has 0 fully saturated rings. The summed E-state index contributed by atoms with van der Waals surface area (Å²) in [5.74, 6) is 0. The summed E-state index contributed by atoms with van der Waals surface area (Å²) in [7, 11) is 0. The van der Waals surface area contributed by atoms with E-state index in [4.69, 9.17) is 0 Å². The summed E-state index contributed by atoms with van der Waals surface area (Å²) < 4.78 is 0. The molecule has 1 aromatic heterocycles. The second-order valence-corrected chi connectivity index (χ2v) is 4.10. The summed E-state index contributed by atoms with van der Waals surface area (Å²) in [4.78, 5) is 14.7. The van der Waals surface area contributed by atoms with Crippen LogP contribution < -0.4 is 0 Å². The molecule has 0 saturated carbocycles. The molecule has 1 heterocycles. The highest BCUT2D eigenvalue weighted by molar-refractivity contribution is 9.09. The minimum absolute atomic E-state index is 0. The van der Waals surface area contributed by atoms with Crippen molar-refractivity contribution in [2.45, 2.75) is 25.6 Å². The molecule has 1 atom stereocenters. The highest BCUT2D eigenvalue weighted by Gasteiger charge is 2.13. The Labute approximate surface area is 103 Å². The molecule has 0 N–H and O–H groups in total. The van der Waals surface area contributed by atoms with Gasteiger partial charge in [-0.25, -0.2) is 0 Å². The van der Waals surface area contributed by atoms with Gasteiger partial charge in [0.1, 0.15) is 6.29 Å². The fourth-order valence-corrected chi connectivity index (χ4v) is 2.21. The number of halogens is 2. The zero-order valence-corrected chi connectivity index (χ0v) is 11.7. The van der Waals surface area contributed by atoms with Crippen molar-refractivity contribution < 1.29 is 4.79 Å². The van der Waals surface area contributed by atoms with Gasteiger partial charge in [-0.3, -0.25) is 4.98 Å². The Morgan fingerprint density at radius 1 is 1.43 bits per heavy atom. The van der Waals surface area contributed by atoms with E-state index in [0.29, 0.717) is 0 Å². The lowest BCUT2D eigenvalue weighted by molar-refractivity contribution is -0.107. The maximum Gasteiger partial charge on any atom is 0.138 e. The number of aromatic nitrogens is 1. The van der Waals surface area contributed by atoms with E-state index < -0.39 is 0 Å². The Hall–Kier alpha value is -0.220. The third-order valence-electron chi connectivity index (χ3n) is 1.98. The average Bonchev–Trinajstić information content (AvgIpc) is 2.02. The molecule has 1 rings (SSSR count). The topological polar surface area (TPSA) is 30.0 Å². The molecule has 1 unspecified atom stereocenters. The van der Waals surface area contributed by atoms with Crippen molar-refractivity contribution in [2.75, 3.05) is 0 Å². The van der Waals surface area contributed by atoms with Crippen molar-refractivity contribution in [3.8, 4) is 0 Å². The van der Waals surface area contributed by atoms with Crippen molar-refractivity contribution in [3.63, 3.8) is 0 Å². The van der Waals surface area contributed by atoms with Crippen LogP contribution >= 0.6 is 32.9 Å². The van der Waals surface area contributed by atoms with E-state index >= 15 is 0 Å². The molecule has 78 valence electrons. The van der Waals surface area contributed by atoms with Crippen LogP contribution in [0.25, 0.3) is 0 Å². The molecule has 0 aliphatic rings. The molecule has 4 heteroatoms. The van der Waals surface area contributed by atoms with Crippen molar-refractivity contribution in [3.05, 3.63) is 28.6 Å². The average molecular weight is 323 g/mol. The summed E-state index contributed by atoms with van der Waals surface area (Å²) in [5.41, 5.74) is 4.01. The lowest BCUT2D eigenvalue weighted by atomic mass is 10.0. The third-order valence-corrected chi connectivity index (χ3v) is 2.65.